The van der Waals surface area contributed by atoms with Crippen LogP contribution in [-0.4, -0.2) is 16.2 Å². The zero-order valence-corrected chi connectivity index (χ0v) is 12.5. The first kappa shape index (κ1) is 14.6. The number of rotatable bonds is 7. The minimum atomic E-state index is 0.529. The van der Waals surface area contributed by atoms with Gasteiger partial charge in [0.15, 0.2) is 0 Å². The Labute approximate surface area is 120 Å². The molecular weight excluding hydrogens is 250 g/mol. The Bertz CT molecular complexity index is 517. The molecule has 0 saturated carbocycles. The standard InChI is InChI=1S/C16H23N3O/c1-4-6-14(7-5-2)18-15-10-13(9-8-12(15)3)16-19-17-11-20-16/h8-11,14,18H,4-7H2,1-3H3. The Hall–Kier alpha value is -1.84. The Morgan fingerprint density at radius 2 is 1.95 bits per heavy atom. The number of aryl methyl sites for hydroxylation is 1. The summed E-state index contributed by atoms with van der Waals surface area (Å²) in [5, 5.41) is 11.4. The van der Waals surface area contributed by atoms with Crippen LogP contribution in [0.25, 0.3) is 11.5 Å². The third-order valence-corrected chi connectivity index (χ3v) is 3.48. The first-order chi connectivity index (χ1) is 9.74. The molecule has 108 valence electrons. The van der Waals surface area contributed by atoms with Crippen molar-refractivity contribution < 1.29 is 4.42 Å². The van der Waals surface area contributed by atoms with Crippen molar-refractivity contribution in [3.8, 4) is 11.5 Å². The minimum absolute atomic E-state index is 0.529. The highest BCUT2D eigenvalue weighted by atomic mass is 16.4. The third kappa shape index (κ3) is 3.59. The van der Waals surface area contributed by atoms with Crippen molar-refractivity contribution in [2.75, 3.05) is 5.32 Å². The van der Waals surface area contributed by atoms with Gasteiger partial charge >= 0.3 is 0 Å². The van der Waals surface area contributed by atoms with Gasteiger partial charge in [0, 0.05) is 17.3 Å². The first-order valence-corrected chi connectivity index (χ1v) is 7.38. The average Bonchev–Trinajstić information content (AvgIpc) is 2.96. The molecular formula is C16H23N3O. The molecule has 4 heteroatoms. The van der Waals surface area contributed by atoms with Crippen LogP contribution in [0.5, 0.6) is 0 Å². The highest BCUT2D eigenvalue weighted by molar-refractivity contribution is 5.64. The van der Waals surface area contributed by atoms with Gasteiger partial charge in [-0.2, -0.15) is 0 Å². The molecule has 0 aliphatic carbocycles. The predicted octanol–water partition coefficient (Wildman–Crippen LogP) is 4.43. The normalized spacial score (nSPS) is 11.0. The Morgan fingerprint density at radius 3 is 2.55 bits per heavy atom. The predicted molar refractivity (Wildman–Crippen MR) is 81.7 cm³/mol. The van der Waals surface area contributed by atoms with E-state index < -0.39 is 0 Å². The second-order valence-electron chi connectivity index (χ2n) is 5.19. The van der Waals surface area contributed by atoms with Gasteiger partial charge in [0.1, 0.15) is 0 Å². The lowest BCUT2D eigenvalue weighted by Gasteiger charge is -2.20. The van der Waals surface area contributed by atoms with Crippen LogP contribution in [0.3, 0.4) is 0 Å². The largest absolute Gasteiger partial charge is 0.423 e. The molecule has 0 bridgehead atoms. The SMILES string of the molecule is CCCC(CCC)Nc1cc(-c2nnco2)ccc1C. The average molecular weight is 273 g/mol. The fourth-order valence-electron chi connectivity index (χ4n) is 2.41. The summed E-state index contributed by atoms with van der Waals surface area (Å²) in [7, 11) is 0. The molecule has 0 spiro atoms. The van der Waals surface area contributed by atoms with Crippen LogP contribution < -0.4 is 5.32 Å². The van der Waals surface area contributed by atoms with Gasteiger partial charge in [-0.15, -0.1) is 10.2 Å². The lowest BCUT2D eigenvalue weighted by Crippen LogP contribution is -2.19. The van der Waals surface area contributed by atoms with Crippen LogP contribution in [0.4, 0.5) is 5.69 Å². The summed E-state index contributed by atoms with van der Waals surface area (Å²) in [4.78, 5) is 0. The highest BCUT2D eigenvalue weighted by Crippen LogP contribution is 2.25. The smallest absolute Gasteiger partial charge is 0.247 e. The Kier molecular flexibility index (Phi) is 5.16. The number of hydrogen-bond acceptors (Lipinski definition) is 4. The van der Waals surface area contributed by atoms with E-state index in [2.05, 4.69) is 48.4 Å². The number of aromatic nitrogens is 2. The lowest BCUT2D eigenvalue weighted by atomic mass is 10.0. The molecule has 1 aromatic carbocycles. The molecule has 20 heavy (non-hydrogen) atoms. The number of anilines is 1. The third-order valence-electron chi connectivity index (χ3n) is 3.48. The van der Waals surface area contributed by atoms with Gasteiger partial charge in [-0.05, 0) is 37.5 Å². The van der Waals surface area contributed by atoms with Crippen molar-refractivity contribution in [1.82, 2.24) is 10.2 Å². The molecule has 4 nitrogen and oxygen atoms in total. The van der Waals surface area contributed by atoms with Gasteiger partial charge < -0.3 is 9.73 Å². The molecule has 0 amide bonds. The lowest BCUT2D eigenvalue weighted by molar-refractivity contribution is 0.568. The van der Waals surface area contributed by atoms with E-state index >= 15 is 0 Å². The summed E-state index contributed by atoms with van der Waals surface area (Å²) in [6.45, 7) is 6.58. The van der Waals surface area contributed by atoms with Crippen molar-refractivity contribution in [1.29, 1.82) is 0 Å². The van der Waals surface area contributed by atoms with Gasteiger partial charge in [-0.3, -0.25) is 0 Å². The summed E-state index contributed by atoms with van der Waals surface area (Å²) >= 11 is 0. The fraction of sp³-hybridized carbons (Fsp3) is 0.500. The molecule has 0 unspecified atom stereocenters. The summed E-state index contributed by atoms with van der Waals surface area (Å²) in [6.07, 6.45) is 6.13. The monoisotopic (exact) mass is 273 g/mol. The number of nitrogens with zero attached hydrogens (tertiary/aromatic N) is 2. The number of benzene rings is 1. The highest BCUT2D eigenvalue weighted by Gasteiger charge is 2.11. The van der Waals surface area contributed by atoms with Crippen molar-refractivity contribution in [2.24, 2.45) is 0 Å². The second kappa shape index (κ2) is 7.08. The van der Waals surface area contributed by atoms with Crippen LogP contribution in [0.2, 0.25) is 0 Å². The molecule has 1 heterocycles. The summed E-state index contributed by atoms with van der Waals surface area (Å²) in [5.74, 6) is 0.565. The molecule has 0 atom stereocenters. The van der Waals surface area contributed by atoms with Gasteiger partial charge in [-0.25, -0.2) is 0 Å². The minimum Gasteiger partial charge on any atom is -0.423 e. The maximum atomic E-state index is 5.26. The van der Waals surface area contributed by atoms with E-state index in [0.717, 1.165) is 11.3 Å². The van der Waals surface area contributed by atoms with Gasteiger partial charge in [0.2, 0.25) is 12.3 Å². The van der Waals surface area contributed by atoms with Crippen molar-refractivity contribution in [2.45, 2.75) is 52.5 Å². The fourth-order valence-corrected chi connectivity index (χ4v) is 2.41. The van der Waals surface area contributed by atoms with Gasteiger partial charge in [0.05, 0.1) is 0 Å². The van der Waals surface area contributed by atoms with E-state index in [0.29, 0.717) is 11.9 Å². The maximum absolute atomic E-state index is 5.26. The molecule has 1 N–H and O–H groups in total. The van der Waals surface area contributed by atoms with E-state index in [1.807, 2.05) is 6.07 Å². The molecule has 2 aromatic rings. The maximum Gasteiger partial charge on any atom is 0.247 e. The summed E-state index contributed by atoms with van der Waals surface area (Å²) in [5.41, 5.74) is 3.36. The zero-order valence-electron chi connectivity index (χ0n) is 12.5. The van der Waals surface area contributed by atoms with Crippen LogP contribution >= 0.6 is 0 Å². The van der Waals surface area contributed by atoms with Crippen LogP contribution in [-0.2, 0) is 0 Å². The molecule has 1 aromatic heterocycles. The molecule has 0 fully saturated rings. The topological polar surface area (TPSA) is 51.0 Å². The number of nitrogens with one attached hydrogen (secondary N) is 1. The van der Waals surface area contributed by atoms with E-state index in [4.69, 9.17) is 4.42 Å². The van der Waals surface area contributed by atoms with E-state index in [-0.39, 0.29) is 0 Å². The number of hydrogen-bond donors (Lipinski definition) is 1. The Morgan fingerprint density at radius 1 is 1.20 bits per heavy atom. The van der Waals surface area contributed by atoms with Crippen LogP contribution in [0, 0.1) is 6.92 Å². The molecule has 0 aliphatic rings. The second-order valence-corrected chi connectivity index (χ2v) is 5.19. The summed E-state index contributed by atoms with van der Waals surface area (Å²) in [6, 6.07) is 6.74. The summed E-state index contributed by atoms with van der Waals surface area (Å²) < 4.78 is 5.26. The molecule has 0 aliphatic heterocycles. The van der Waals surface area contributed by atoms with Crippen LogP contribution in [0.1, 0.15) is 45.1 Å². The quantitative estimate of drug-likeness (QED) is 0.811. The zero-order chi connectivity index (χ0) is 14.4. The first-order valence-electron chi connectivity index (χ1n) is 7.38. The van der Waals surface area contributed by atoms with E-state index in [1.165, 1.54) is 37.6 Å². The molecule has 2 rings (SSSR count). The molecule has 0 saturated heterocycles. The van der Waals surface area contributed by atoms with Gasteiger partial charge in [-0.1, -0.05) is 32.8 Å². The van der Waals surface area contributed by atoms with Crippen LogP contribution in [0.15, 0.2) is 29.0 Å². The van der Waals surface area contributed by atoms with E-state index in [1.54, 1.807) is 0 Å². The van der Waals surface area contributed by atoms with Crippen molar-refractivity contribution in [3.05, 3.63) is 30.2 Å². The Balaban J connectivity index is 2.19. The van der Waals surface area contributed by atoms with E-state index in [9.17, 15) is 0 Å². The van der Waals surface area contributed by atoms with Crippen molar-refractivity contribution >= 4 is 5.69 Å². The molecule has 0 radical (unpaired) electrons. The van der Waals surface area contributed by atoms with Gasteiger partial charge in [0.25, 0.3) is 0 Å². The van der Waals surface area contributed by atoms with Crippen molar-refractivity contribution in [3.63, 3.8) is 0 Å².